The number of hydrogen-bond acceptors (Lipinski definition) is 4. The Bertz CT molecular complexity index is 445. The zero-order chi connectivity index (χ0) is 13.7. The molecule has 0 aliphatic carbocycles. The van der Waals surface area contributed by atoms with E-state index in [4.69, 9.17) is 4.74 Å². The summed E-state index contributed by atoms with van der Waals surface area (Å²) in [4.78, 5) is 12.0. The van der Waals surface area contributed by atoms with E-state index < -0.39 is 0 Å². The van der Waals surface area contributed by atoms with Crippen LogP contribution in [-0.4, -0.2) is 29.0 Å². The summed E-state index contributed by atoms with van der Waals surface area (Å²) in [6, 6.07) is 0.168. The molecule has 0 bridgehead atoms. The molecular formula is C12H20BrN3O2. The lowest BCUT2D eigenvalue weighted by atomic mass is 10.3. The van der Waals surface area contributed by atoms with Crippen molar-refractivity contribution < 1.29 is 4.74 Å². The Morgan fingerprint density at radius 1 is 1.50 bits per heavy atom. The molecule has 0 saturated heterocycles. The Balaban J connectivity index is 2.86. The van der Waals surface area contributed by atoms with Gasteiger partial charge in [-0.05, 0) is 43.6 Å². The van der Waals surface area contributed by atoms with Gasteiger partial charge in [-0.1, -0.05) is 0 Å². The zero-order valence-corrected chi connectivity index (χ0v) is 12.8. The quantitative estimate of drug-likeness (QED) is 0.875. The average Bonchev–Trinajstić information content (AvgIpc) is 2.32. The Morgan fingerprint density at radius 2 is 2.17 bits per heavy atom. The first-order chi connectivity index (χ1) is 8.47. The molecule has 0 spiro atoms. The highest BCUT2D eigenvalue weighted by molar-refractivity contribution is 9.10. The van der Waals surface area contributed by atoms with Crippen molar-refractivity contribution in [2.75, 3.05) is 18.5 Å². The van der Waals surface area contributed by atoms with Gasteiger partial charge in [-0.3, -0.25) is 4.79 Å². The molecule has 6 heteroatoms. The van der Waals surface area contributed by atoms with Crippen molar-refractivity contribution in [2.24, 2.45) is 0 Å². The smallest absolute Gasteiger partial charge is 0.283 e. The lowest BCUT2D eigenvalue weighted by Gasteiger charge is -2.17. The maximum Gasteiger partial charge on any atom is 0.283 e. The molecule has 1 heterocycles. The van der Waals surface area contributed by atoms with E-state index in [1.54, 1.807) is 6.20 Å². The van der Waals surface area contributed by atoms with Crippen molar-refractivity contribution >= 4 is 21.6 Å². The summed E-state index contributed by atoms with van der Waals surface area (Å²) in [7, 11) is 0. The Labute approximate surface area is 116 Å². The highest BCUT2D eigenvalue weighted by Gasteiger charge is 2.12. The Hall–Kier alpha value is -0.880. The van der Waals surface area contributed by atoms with E-state index in [2.05, 4.69) is 26.3 Å². The molecule has 0 amide bonds. The first-order valence-electron chi connectivity index (χ1n) is 6.09. The van der Waals surface area contributed by atoms with Crippen molar-refractivity contribution in [1.82, 2.24) is 9.78 Å². The van der Waals surface area contributed by atoms with E-state index in [1.807, 2.05) is 27.7 Å². The van der Waals surface area contributed by atoms with Gasteiger partial charge in [-0.2, -0.15) is 5.10 Å². The first kappa shape index (κ1) is 15.2. The minimum atomic E-state index is -0.126. The summed E-state index contributed by atoms with van der Waals surface area (Å²) in [6.07, 6.45) is 1.66. The fraction of sp³-hybridized carbons (Fsp3) is 0.667. The maximum atomic E-state index is 12.0. The largest absolute Gasteiger partial charge is 0.380 e. The van der Waals surface area contributed by atoms with Crippen LogP contribution in [-0.2, 0) is 4.74 Å². The summed E-state index contributed by atoms with van der Waals surface area (Å²) in [5.74, 6) is 0. The van der Waals surface area contributed by atoms with E-state index in [-0.39, 0.29) is 17.6 Å². The molecule has 102 valence electrons. The molecule has 5 nitrogen and oxygen atoms in total. The van der Waals surface area contributed by atoms with E-state index >= 15 is 0 Å². The Morgan fingerprint density at radius 3 is 2.72 bits per heavy atom. The third-order valence-electron chi connectivity index (χ3n) is 2.41. The highest BCUT2D eigenvalue weighted by Crippen LogP contribution is 2.18. The van der Waals surface area contributed by atoms with Crippen LogP contribution in [0.5, 0.6) is 0 Å². The molecule has 18 heavy (non-hydrogen) atoms. The summed E-state index contributed by atoms with van der Waals surface area (Å²) in [6.45, 7) is 9.07. The molecule has 1 aromatic rings. The van der Waals surface area contributed by atoms with Crippen molar-refractivity contribution in [3.8, 4) is 0 Å². The van der Waals surface area contributed by atoms with Gasteiger partial charge in [0.1, 0.15) is 4.47 Å². The number of rotatable bonds is 6. The molecule has 0 aliphatic heterocycles. The second-order valence-corrected chi connectivity index (χ2v) is 5.21. The topological polar surface area (TPSA) is 56.1 Å². The van der Waals surface area contributed by atoms with Crippen LogP contribution in [0.4, 0.5) is 5.69 Å². The molecule has 1 aromatic heterocycles. The second-order valence-electron chi connectivity index (χ2n) is 4.42. The van der Waals surface area contributed by atoms with Crippen molar-refractivity contribution in [1.29, 1.82) is 0 Å². The van der Waals surface area contributed by atoms with Gasteiger partial charge >= 0.3 is 0 Å². The number of halogens is 1. The summed E-state index contributed by atoms with van der Waals surface area (Å²) < 4.78 is 7.27. The standard InChI is InChI=1S/C12H20BrN3O2/c1-5-18-7-9(4)15-10-6-14-16(8(2)3)12(17)11(10)13/h6,8-9,15H,5,7H2,1-4H3. The van der Waals surface area contributed by atoms with Gasteiger partial charge in [0.15, 0.2) is 0 Å². The fourth-order valence-electron chi connectivity index (χ4n) is 1.52. The summed E-state index contributed by atoms with van der Waals surface area (Å²) >= 11 is 3.32. The monoisotopic (exact) mass is 317 g/mol. The molecule has 0 aliphatic rings. The SMILES string of the molecule is CCOCC(C)Nc1cnn(C(C)C)c(=O)c1Br. The maximum absolute atomic E-state index is 12.0. The van der Waals surface area contributed by atoms with E-state index in [9.17, 15) is 4.79 Å². The lowest BCUT2D eigenvalue weighted by molar-refractivity contribution is 0.141. The van der Waals surface area contributed by atoms with Gasteiger partial charge in [0.25, 0.3) is 5.56 Å². The predicted molar refractivity (Wildman–Crippen MR) is 76.2 cm³/mol. The third kappa shape index (κ3) is 3.81. The number of aromatic nitrogens is 2. The number of anilines is 1. The molecule has 0 aromatic carbocycles. The van der Waals surface area contributed by atoms with Crippen LogP contribution in [0.3, 0.4) is 0 Å². The van der Waals surface area contributed by atoms with Crippen LogP contribution < -0.4 is 10.9 Å². The van der Waals surface area contributed by atoms with Crippen LogP contribution in [0.2, 0.25) is 0 Å². The highest BCUT2D eigenvalue weighted by atomic mass is 79.9. The number of nitrogens with one attached hydrogen (secondary N) is 1. The minimum Gasteiger partial charge on any atom is -0.380 e. The molecule has 1 N–H and O–H groups in total. The van der Waals surface area contributed by atoms with Crippen LogP contribution in [0.15, 0.2) is 15.5 Å². The normalized spacial score (nSPS) is 12.8. The molecule has 0 radical (unpaired) electrons. The zero-order valence-electron chi connectivity index (χ0n) is 11.2. The molecule has 1 unspecified atom stereocenters. The molecule has 1 rings (SSSR count). The van der Waals surface area contributed by atoms with Crippen molar-refractivity contribution in [3.63, 3.8) is 0 Å². The van der Waals surface area contributed by atoms with Crippen LogP contribution in [0.25, 0.3) is 0 Å². The van der Waals surface area contributed by atoms with E-state index in [0.717, 1.165) is 0 Å². The second kappa shape index (κ2) is 6.89. The summed E-state index contributed by atoms with van der Waals surface area (Å²) in [5, 5.41) is 7.35. The Kier molecular flexibility index (Phi) is 5.81. The van der Waals surface area contributed by atoms with Gasteiger partial charge < -0.3 is 10.1 Å². The number of ether oxygens (including phenoxy) is 1. The number of hydrogen-bond donors (Lipinski definition) is 1. The van der Waals surface area contributed by atoms with Gasteiger partial charge in [0.05, 0.1) is 24.5 Å². The van der Waals surface area contributed by atoms with Crippen LogP contribution in [0, 0.1) is 0 Å². The van der Waals surface area contributed by atoms with Gasteiger partial charge in [0.2, 0.25) is 0 Å². The van der Waals surface area contributed by atoms with Crippen molar-refractivity contribution in [3.05, 3.63) is 21.0 Å². The molecular weight excluding hydrogens is 298 g/mol. The minimum absolute atomic E-state index is 0.0451. The van der Waals surface area contributed by atoms with E-state index in [1.165, 1.54) is 4.68 Å². The first-order valence-corrected chi connectivity index (χ1v) is 6.88. The fourth-order valence-corrected chi connectivity index (χ4v) is 1.91. The van der Waals surface area contributed by atoms with Gasteiger partial charge in [-0.15, -0.1) is 0 Å². The molecule has 0 fully saturated rings. The average molecular weight is 318 g/mol. The van der Waals surface area contributed by atoms with Crippen LogP contribution >= 0.6 is 15.9 Å². The molecule has 1 atom stereocenters. The molecule has 0 saturated carbocycles. The lowest BCUT2D eigenvalue weighted by Crippen LogP contribution is -2.28. The van der Waals surface area contributed by atoms with E-state index in [0.29, 0.717) is 23.4 Å². The van der Waals surface area contributed by atoms with Crippen LogP contribution in [0.1, 0.15) is 33.7 Å². The summed E-state index contributed by atoms with van der Waals surface area (Å²) in [5.41, 5.74) is 0.572. The van der Waals surface area contributed by atoms with Gasteiger partial charge in [-0.25, -0.2) is 4.68 Å². The van der Waals surface area contributed by atoms with Gasteiger partial charge in [0, 0.05) is 12.6 Å². The predicted octanol–water partition coefficient (Wildman–Crippen LogP) is 2.42. The van der Waals surface area contributed by atoms with Crippen molar-refractivity contribution in [2.45, 2.75) is 39.8 Å². The third-order valence-corrected chi connectivity index (χ3v) is 3.17. The number of nitrogens with zero attached hydrogens (tertiary/aromatic N) is 2.